The van der Waals surface area contributed by atoms with Gasteiger partial charge in [0.1, 0.15) is 11.6 Å². The van der Waals surface area contributed by atoms with E-state index in [1.807, 2.05) is 22.9 Å². The molecule has 2 heterocycles. The molecule has 3 nitrogen and oxygen atoms in total. The number of aromatic nitrogens is 2. The maximum absolute atomic E-state index is 13.5. The third-order valence-corrected chi connectivity index (χ3v) is 3.93. The quantitative estimate of drug-likeness (QED) is 0.800. The monoisotopic (exact) mass is 293 g/mol. The van der Waals surface area contributed by atoms with Gasteiger partial charge < -0.3 is 5.32 Å². The molecule has 0 unspecified atom stereocenters. The number of aryl methyl sites for hydroxylation is 1. The van der Waals surface area contributed by atoms with Gasteiger partial charge in [-0.25, -0.2) is 13.8 Å². The van der Waals surface area contributed by atoms with Crippen LogP contribution in [0.25, 0.3) is 4.96 Å². The number of thiazole rings is 1. The average molecular weight is 293 g/mol. The molecule has 3 aromatic rings. The van der Waals surface area contributed by atoms with Crippen molar-refractivity contribution in [1.82, 2.24) is 14.7 Å². The zero-order valence-electron chi connectivity index (χ0n) is 10.9. The standard InChI is InChI=1S/C14H13F2N3S/c1-9-13(19-4-5-20-14(19)18-9)8-17-7-10-6-11(15)2-3-12(10)16/h2-6,17H,7-8H2,1H3. The lowest BCUT2D eigenvalue weighted by atomic mass is 10.2. The summed E-state index contributed by atoms with van der Waals surface area (Å²) < 4.78 is 28.6. The Morgan fingerprint density at radius 3 is 3.00 bits per heavy atom. The summed E-state index contributed by atoms with van der Waals surface area (Å²) in [5.41, 5.74) is 2.32. The predicted molar refractivity (Wildman–Crippen MR) is 74.7 cm³/mol. The maximum Gasteiger partial charge on any atom is 0.194 e. The first kappa shape index (κ1) is 13.2. The van der Waals surface area contributed by atoms with Crippen LogP contribution in [0.5, 0.6) is 0 Å². The Morgan fingerprint density at radius 2 is 2.15 bits per heavy atom. The molecule has 0 fully saturated rings. The van der Waals surface area contributed by atoms with Crippen molar-refractivity contribution < 1.29 is 8.78 Å². The van der Waals surface area contributed by atoms with Crippen molar-refractivity contribution in [3.8, 4) is 0 Å². The Labute approximate surface area is 118 Å². The molecule has 0 aliphatic heterocycles. The summed E-state index contributed by atoms with van der Waals surface area (Å²) in [5.74, 6) is -0.825. The number of imidazole rings is 1. The SMILES string of the molecule is Cc1nc2sccn2c1CNCc1cc(F)ccc1F. The number of nitrogens with zero attached hydrogens (tertiary/aromatic N) is 2. The van der Waals surface area contributed by atoms with Crippen LogP contribution in [0, 0.1) is 18.6 Å². The van der Waals surface area contributed by atoms with E-state index < -0.39 is 11.6 Å². The second kappa shape index (κ2) is 5.30. The summed E-state index contributed by atoms with van der Waals surface area (Å²) in [6, 6.07) is 3.48. The molecule has 20 heavy (non-hydrogen) atoms. The van der Waals surface area contributed by atoms with Crippen molar-refractivity contribution in [3.63, 3.8) is 0 Å². The molecule has 1 aromatic carbocycles. The maximum atomic E-state index is 13.5. The molecule has 0 bridgehead atoms. The average Bonchev–Trinajstić information content (AvgIpc) is 2.96. The Bertz CT molecular complexity index is 748. The molecule has 6 heteroatoms. The Morgan fingerprint density at radius 1 is 1.30 bits per heavy atom. The highest BCUT2D eigenvalue weighted by Crippen LogP contribution is 2.17. The van der Waals surface area contributed by atoms with E-state index in [0.717, 1.165) is 28.5 Å². The first-order valence-corrected chi connectivity index (χ1v) is 7.09. The third-order valence-electron chi connectivity index (χ3n) is 3.18. The first-order valence-electron chi connectivity index (χ1n) is 6.21. The summed E-state index contributed by atoms with van der Waals surface area (Å²) in [7, 11) is 0. The Hall–Kier alpha value is -1.79. The van der Waals surface area contributed by atoms with Gasteiger partial charge in [0.15, 0.2) is 4.96 Å². The summed E-state index contributed by atoms with van der Waals surface area (Å²) >= 11 is 1.57. The first-order chi connectivity index (χ1) is 9.65. The minimum absolute atomic E-state index is 0.278. The predicted octanol–water partition coefficient (Wildman–Crippen LogP) is 3.27. The lowest BCUT2D eigenvalue weighted by Crippen LogP contribution is -2.15. The number of benzene rings is 1. The second-order valence-electron chi connectivity index (χ2n) is 4.54. The number of nitrogens with one attached hydrogen (secondary N) is 1. The van der Waals surface area contributed by atoms with Crippen LogP contribution in [0.15, 0.2) is 29.8 Å². The van der Waals surface area contributed by atoms with Gasteiger partial charge in [0, 0.05) is 30.2 Å². The van der Waals surface area contributed by atoms with E-state index >= 15 is 0 Å². The molecule has 0 radical (unpaired) electrons. The van der Waals surface area contributed by atoms with Crippen LogP contribution in [0.2, 0.25) is 0 Å². The van der Waals surface area contributed by atoms with Gasteiger partial charge in [0.25, 0.3) is 0 Å². The van der Waals surface area contributed by atoms with Crippen molar-refractivity contribution in [3.05, 3.63) is 58.4 Å². The zero-order valence-corrected chi connectivity index (χ0v) is 11.7. The number of hydrogen-bond donors (Lipinski definition) is 1. The summed E-state index contributed by atoms with van der Waals surface area (Å²) in [5, 5.41) is 5.10. The molecule has 1 N–H and O–H groups in total. The third kappa shape index (κ3) is 2.44. The molecule has 3 rings (SSSR count). The van der Waals surface area contributed by atoms with E-state index in [0.29, 0.717) is 12.1 Å². The van der Waals surface area contributed by atoms with Crippen LogP contribution in [0.3, 0.4) is 0 Å². The minimum Gasteiger partial charge on any atom is -0.307 e. The highest BCUT2D eigenvalue weighted by Gasteiger charge is 2.09. The molecule has 104 valence electrons. The summed E-state index contributed by atoms with van der Waals surface area (Å²) in [4.78, 5) is 5.38. The van der Waals surface area contributed by atoms with E-state index in [1.54, 1.807) is 11.3 Å². The molecule has 0 saturated heterocycles. The molecule has 0 aliphatic carbocycles. The van der Waals surface area contributed by atoms with E-state index in [4.69, 9.17) is 0 Å². The molecular weight excluding hydrogens is 280 g/mol. The van der Waals surface area contributed by atoms with E-state index in [9.17, 15) is 8.78 Å². The van der Waals surface area contributed by atoms with Gasteiger partial charge in [0.2, 0.25) is 0 Å². The highest BCUT2D eigenvalue weighted by atomic mass is 32.1. The lowest BCUT2D eigenvalue weighted by molar-refractivity contribution is 0.566. The van der Waals surface area contributed by atoms with E-state index in [-0.39, 0.29) is 6.54 Å². The minimum atomic E-state index is -0.427. The van der Waals surface area contributed by atoms with Crippen LogP contribution >= 0.6 is 11.3 Å². The number of rotatable bonds is 4. The van der Waals surface area contributed by atoms with Gasteiger partial charge in [-0.2, -0.15) is 0 Å². The van der Waals surface area contributed by atoms with Crippen LogP contribution in [-0.4, -0.2) is 9.38 Å². The van der Waals surface area contributed by atoms with Gasteiger partial charge in [-0.1, -0.05) is 0 Å². The van der Waals surface area contributed by atoms with Crippen LogP contribution in [0.1, 0.15) is 17.0 Å². The fourth-order valence-corrected chi connectivity index (χ4v) is 2.93. The smallest absolute Gasteiger partial charge is 0.194 e. The van der Waals surface area contributed by atoms with Gasteiger partial charge in [-0.15, -0.1) is 11.3 Å². The van der Waals surface area contributed by atoms with Crippen LogP contribution in [0.4, 0.5) is 8.78 Å². The lowest BCUT2D eigenvalue weighted by Gasteiger charge is -2.06. The van der Waals surface area contributed by atoms with Gasteiger partial charge in [-0.05, 0) is 25.1 Å². The van der Waals surface area contributed by atoms with Crippen molar-refractivity contribution in [2.45, 2.75) is 20.0 Å². The van der Waals surface area contributed by atoms with E-state index in [2.05, 4.69) is 10.3 Å². The molecular formula is C14H13F2N3S. The van der Waals surface area contributed by atoms with Crippen molar-refractivity contribution in [2.24, 2.45) is 0 Å². The Balaban J connectivity index is 1.72. The fourth-order valence-electron chi connectivity index (χ4n) is 2.15. The Kier molecular flexibility index (Phi) is 3.50. The normalized spacial score (nSPS) is 11.3. The van der Waals surface area contributed by atoms with E-state index in [1.165, 1.54) is 6.07 Å². The molecule has 0 aliphatic rings. The van der Waals surface area contributed by atoms with Gasteiger partial charge >= 0.3 is 0 Å². The summed E-state index contributed by atoms with van der Waals surface area (Å²) in [6.45, 7) is 2.78. The molecule has 0 saturated carbocycles. The number of hydrogen-bond acceptors (Lipinski definition) is 3. The zero-order chi connectivity index (χ0) is 14.1. The molecule has 0 atom stereocenters. The van der Waals surface area contributed by atoms with Crippen molar-refractivity contribution in [2.75, 3.05) is 0 Å². The fraction of sp³-hybridized carbons (Fsp3) is 0.214. The largest absolute Gasteiger partial charge is 0.307 e. The number of fused-ring (bicyclic) bond motifs is 1. The highest BCUT2D eigenvalue weighted by molar-refractivity contribution is 7.15. The summed E-state index contributed by atoms with van der Waals surface area (Å²) in [6.07, 6.45) is 1.96. The molecule has 0 amide bonds. The van der Waals surface area contributed by atoms with Gasteiger partial charge in [-0.3, -0.25) is 4.40 Å². The topological polar surface area (TPSA) is 29.3 Å². The van der Waals surface area contributed by atoms with Crippen molar-refractivity contribution >= 4 is 16.3 Å². The number of halogens is 2. The van der Waals surface area contributed by atoms with Gasteiger partial charge in [0.05, 0.1) is 11.4 Å². The second-order valence-corrected chi connectivity index (χ2v) is 5.41. The molecule has 2 aromatic heterocycles. The molecule has 0 spiro atoms. The van der Waals surface area contributed by atoms with Crippen LogP contribution < -0.4 is 5.32 Å². The van der Waals surface area contributed by atoms with Crippen LogP contribution in [-0.2, 0) is 13.1 Å². The van der Waals surface area contributed by atoms with Crippen molar-refractivity contribution in [1.29, 1.82) is 0 Å².